The van der Waals surface area contributed by atoms with E-state index < -0.39 is 0 Å². The molecule has 102 valence electrons. The minimum absolute atomic E-state index is 0.0566. The fraction of sp³-hybridized carbons (Fsp3) is 0.571. The quantitative estimate of drug-likeness (QED) is 0.515. The Morgan fingerprint density at radius 2 is 1.83 bits per heavy atom. The summed E-state index contributed by atoms with van der Waals surface area (Å²) in [4.78, 5) is 0. The molecule has 0 radical (unpaired) electrons. The highest BCUT2D eigenvalue weighted by Crippen LogP contribution is 2.22. The van der Waals surface area contributed by atoms with Gasteiger partial charge >= 0.3 is 0 Å². The minimum atomic E-state index is 0.0566. The van der Waals surface area contributed by atoms with E-state index in [-0.39, 0.29) is 6.10 Å². The molecule has 0 heterocycles. The lowest BCUT2D eigenvalue weighted by atomic mass is 10.1. The topological polar surface area (TPSA) is 27.7 Å². The molecule has 0 amide bonds. The van der Waals surface area contributed by atoms with E-state index in [2.05, 4.69) is 22.9 Å². The number of ether oxygens (including phenoxy) is 3. The first kappa shape index (κ1) is 15.5. The highest BCUT2D eigenvalue weighted by atomic mass is 79.9. The minimum Gasteiger partial charge on any atom is -0.497 e. The molecule has 0 bridgehead atoms. The van der Waals surface area contributed by atoms with E-state index in [0.29, 0.717) is 13.2 Å². The van der Waals surface area contributed by atoms with Crippen LogP contribution in [0.1, 0.15) is 25.0 Å². The van der Waals surface area contributed by atoms with Crippen LogP contribution in [0.25, 0.3) is 0 Å². The van der Waals surface area contributed by atoms with E-state index in [1.807, 2.05) is 24.3 Å². The number of alkyl halides is 1. The van der Waals surface area contributed by atoms with Crippen molar-refractivity contribution in [2.75, 3.05) is 32.3 Å². The van der Waals surface area contributed by atoms with Gasteiger partial charge in [0.05, 0.1) is 26.4 Å². The van der Waals surface area contributed by atoms with Gasteiger partial charge < -0.3 is 14.2 Å². The van der Waals surface area contributed by atoms with Crippen LogP contribution in [0.5, 0.6) is 5.75 Å². The summed E-state index contributed by atoms with van der Waals surface area (Å²) in [6.07, 6.45) is 1.10. The Kier molecular flexibility index (Phi) is 8.05. The van der Waals surface area contributed by atoms with Crippen molar-refractivity contribution in [3.63, 3.8) is 0 Å². The van der Waals surface area contributed by atoms with Gasteiger partial charge in [-0.15, -0.1) is 0 Å². The summed E-state index contributed by atoms with van der Waals surface area (Å²) in [5, 5.41) is 0.771. The van der Waals surface area contributed by atoms with Crippen LogP contribution in [-0.4, -0.2) is 32.3 Å². The maximum atomic E-state index is 5.78. The summed E-state index contributed by atoms with van der Waals surface area (Å²) in [6, 6.07) is 7.94. The van der Waals surface area contributed by atoms with Crippen LogP contribution in [-0.2, 0) is 9.47 Å². The lowest BCUT2D eigenvalue weighted by molar-refractivity contribution is 0.0141. The first-order chi connectivity index (χ1) is 8.81. The normalized spacial score (nSPS) is 12.4. The predicted molar refractivity (Wildman–Crippen MR) is 76.6 cm³/mol. The van der Waals surface area contributed by atoms with Crippen molar-refractivity contribution in [3.8, 4) is 5.75 Å². The monoisotopic (exact) mass is 316 g/mol. The maximum absolute atomic E-state index is 5.78. The molecule has 0 saturated carbocycles. The summed E-state index contributed by atoms with van der Waals surface area (Å²) >= 11 is 3.47. The predicted octanol–water partition coefficient (Wildman–Crippen LogP) is 3.57. The van der Waals surface area contributed by atoms with Crippen LogP contribution in [0.4, 0.5) is 0 Å². The number of methoxy groups -OCH3 is 1. The molecule has 0 aromatic heterocycles. The molecular formula is C14H21BrO3. The fourth-order valence-corrected chi connectivity index (χ4v) is 2.10. The standard InChI is InChI=1S/C14H21BrO3/c1-3-8-17-9-10-18-14(11-15)12-4-6-13(16-2)7-5-12/h4-7,14H,3,8-11H2,1-2H3. The summed E-state index contributed by atoms with van der Waals surface area (Å²) < 4.78 is 16.3. The van der Waals surface area contributed by atoms with Crippen LogP contribution in [0.3, 0.4) is 0 Å². The number of benzene rings is 1. The van der Waals surface area contributed by atoms with Gasteiger partial charge in [0, 0.05) is 11.9 Å². The molecule has 0 saturated heterocycles. The number of hydrogen-bond acceptors (Lipinski definition) is 3. The zero-order chi connectivity index (χ0) is 13.2. The molecule has 1 aromatic carbocycles. The second-order valence-electron chi connectivity index (χ2n) is 3.90. The van der Waals surface area contributed by atoms with Crippen molar-refractivity contribution in [2.45, 2.75) is 19.4 Å². The Hall–Kier alpha value is -0.580. The largest absolute Gasteiger partial charge is 0.497 e. The van der Waals surface area contributed by atoms with Gasteiger partial charge in [0.2, 0.25) is 0 Å². The van der Waals surface area contributed by atoms with Gasteiger partial charge in [0.25, 0.3) is 0 Å². The second kappa shape index (κ2) is 9.36. The van der Waals surface area contributed by atoms with E-state index >= 15 is 0 Å². The number of halogens is 1. The Morgan fingerprint density at radius 1 is 1.11 bits per heavy atom. The van der Waals surface area contributed by atoms with E-state index in [4.69, 9.17) is 14.2 Å². The van der Waals surface area contributed by atoms with Gasteiger partial charge in [-0.05, 0) is 24.1 Å². The molecule has 3 nitrogen and oxygen atoms in total. The highest BCUT2D eigenvalue weighted by molar-refractivity contribution is 9.09. The molecule has 1 unspecified atom stereocenters. The average molecular weight is 317 g/mol. The first-order valence-corrected chi connectivity index (χ1v) is 7.33. The van der Waals surface area contributed by atoms with E-state index in [1.54, 1.807) is 7.11 Å². The van der Waals surface area contributed by atoms with E-state index in [1.165, 1.54) is 0 Å². The van der Waals surface area contributed by atoms with Crippen molar-refractivity contribution in [3.05, 3.63) is 29.8 Å². The zero-order valence-corrected chi connectivity index (χ0v) is 12.6. The summed E-state index contributed by atoms with van der Waals surface area (Å²) in [5.41, 5.74) is 1.14. The Bertz CT molecular complexity index is 313. The van der Waals surface area contributed by atoms with Crippen LogP contribution in [0.15, 0.2) is 24.3 Å². The highest BCUT2D eigenvalue weighted by Gasteiger charge is 2.10. The lowest BCUT2D eigenvalue weighted by Crippen LogP contribution is -2.11. The summed E-state index contributed by atoms with van der Waals surface area (Å²) in [6.45, 7) is 4.15. The Balaban J connectivity index is 2.39. The Labute approximate surface area is 118 Å². The number of hydrogen-bond donors (Lipinski definition) is 0. The molecule has 0 N–H and O–H groups in total. The first-order valence-electron chi connectivity index (χ1n) is 6.21. The van der Waals surface area contributed by atoms with Crippen LogP contribution in [0.2, 0.25) is 0 Å². The third-order valence-corrected chi connectivity index (χ3v) is 3.11. The van der Waals surface area contributed by atoms with Crippen molar-refractivity contribution >= 4 is 15.9 Å². The van der Waals surface area contributed by atoms with Crippen molar-refractivity contribution < 1.29 is 14.2 Å². The molecule has 1 atom stereocenters. The third-order valence-electron chi connectivity index (χ3n) is 2.52. The lowest BCUT2D eigenvalue weighted by Gasteiger charge is -2.16. The molecule has 1 aromatic rings. The van der Waals surface area contributed by atoms with Gasteiger partial charge in [-0.3, -0.25) is 0 Å². The average Bonchev–Trinajstić information content (AvgIpc) is 2.43. The molecule has 0 spiro atoms. The van der Waals surface area contributed by atoms with Gasteiger partial charge in [-0.1, -0.05) is 35.0 Å². The van der Waals surface area contributed by atoms with Gasteiger partial charge in [-0.25, -0.2) is 0 Å². The molecule has 0 fully saturated rings. The summed E-state index contributed by atoms with van der Waals surface area (Å²) in [7, 11) is 1.67. The fourth-order valence-electron chi connectivity index (χ4n) is 1.54. The van der Waals surface area contributed by atoms with E-state index in [0.717, 1.165) is 29.7 Å². The van der Waals surface area contributed by atoms with Gasteiger partial charge in [0.1, 0.15) is 5.75 Å². The molecular weight excluding hydrogens is 296 g/mol. The molecule has 0 aliphatic heterocycles. The van der Waals surface area contributed by atoms with E-state index in [9.17, 15) is 0 Å². The second-order valence-corrected chi connectivity index (χ2v) is 4.55. The number of rotatable bonds is 9. The van der Waals surface area contributed by atoms with Gasteiger partial charge in [-0.2, -0.15) is 0 Å². The summed E-state index contributed by atoms with van der Waals surface area (Å²) in [5.74, 6) is 0.860. The van der Waals surface area contributed by atoms with Crippen molar-refractivity contribution in [2.24, 2.45) is 0 Å². The van der Waals surface area contributed by atoms with Crippen molar-refractivity contribution in [1.82, 2.24) is 0 Å². The molecule has 1 rings (SSSR count). The SMILES string of the molecule is CCCOCCOC(CBr)c1ccc(OC)cc1. The van der Waals surface area contributed by atoms with Crippen LogP contribution in [0, 0.1) is 0 Å². The smallest absolute Gasteiger partial charge is 0.118 e. The van der Waals surface area contributed by atoms with Crippen LogP contribution < -0.4 is 4.74 Å². The zero-order valence-electron chi connectivity index (χ0n) is 11.0. The molecule has 18 heavy (non-hydrogen) atoms. The van der Waals surface area contributed by atoms with Crippen LogP contribution >= 0.6 is 15.9 Å². The molecule has 0 aliphatic rings. The maximum Gasteiger partial charge on any atom is 0.118 e. The third kappa shape index (κ3) is 5.38. The van der Waals surface area contributed by atoms with Gasteiger partial charge in [0.15, 0.2) is 0 Å². The molecule has 0 aliphatic carbocycles. The molecule has 4 heteroatoms. The van der Waals surface area contributed by atoms with Crippen molar-refractivity contribution in [1.29, 1.82) is 0 Å². The Morgan fingerprint density at radius 3 is 2.39 bits per heavy atom.